The van der Waals surface area contributed by atoms with Crippen molar-refractivity contribution in [3.63, 3.8) is 0 Å². The Morgan fingerprint density at radius 1 is 1.64 bits per heavy atom. The number of aliphatic hydroxyl groups is 1. The Morgan fingerprint density at radius 3 is 2.71 bits per heavy atom. The summed E-state index contributed by atoms with van der Waals surface area (Å²) in [7, 11) is 0. The van der Waals surface area contributed by atoms with Crippen LogP contribution in [0.15, 0.2) is 12.2 Å². The summed E-state index contributed by atoms with van der Waals surface area (Å²) in [5.41, 5.74) is 0.542. The first-order valence-electron chi connectivity index (χ1n) is 5.32. The third-order valence-electron chi connectivity index (χ3n) is 3.64. The van der Waals surface area contributed by atoms with Crippen LogP contribution in [-0.4, -0.2) is 17.5 Å². The van der Waals surface area contributed by atoms with Crippen LogP contribution in [0.3, 0.4) is 0 Å². The minimum absolute atomic E-state index is 0.0635. The van der Waals surface area contributed by atoms with E-state index in [4.69, 9.17) is 0 Å². The van der Waals surface area contributed by atoms with Gasteiger partial charge in [0.1, 0.15) is 5.78 Å². The van der Waals surface area contributed by atoms with Gasteiger partial charge in [0.2, 0.25) is 0 Å². The van der Waals surface area contributed by atoms with Crippen molar-refractivity contribution >= 4 is 5.78 Å². The predicted molar refractivity (Wildman–Crippen MR) is 57.0 cm³/mol. The van der Waals surface area contributed by atoms with E-state index >= 15 is 0 Å². The molecule has 0 spiro atoms. The van der Waals surface area contributed by atoms with Crippen LogP contribution in [-0.2, 0) is 4.79 Å². The summed E-state index contributed by atoms with van der Waals surface area (Å²) < 4.78 is 0. The minimum Gasteiger partial charge on any atom is -0.395 e. The molecule has 0 amide bonds. The largest absolute Gasteiger partial charge is 0.395 e. The topological polar surface area (TPSA) is 37.3 Å². The van der Waals surface area contributed by atoms with E-state index in [0.717, 1.165) is 24.8 Å². The number of carbonyl (C=O) groups is 1. The van der Waals surface area contributed by atoms with E-state index in [1.165, 1.54) is 6.42 Å². The lowest BCUT2D eigenvalue weighted by atomic mass is 9.66. The van der Waals surface area contributed by atoms with Gasteiger partial charge in [-0.1, -0.05) is 18.6 Å². The molecule has 1 saturated carbocycles. The van der Waals surface area contributed by atoms with Gasteiger partial charge in [-0.25, -0.2) is 0 Å². The summed E-state index contributed by atoms with van der Waals surface area (Å²) in [6.07, 6.45) is 4.32. The highest BCUT2D eigenvalue weighted by atomic mass is 16.3. The van der Waals surface area contributed by atoms with Crippen molar-refractivity contribution in [3.8, 4) is 0 Å². The van der Waals surface area contributed by atoms with Gasteiger partial charge in [-0.05, 0) is 39.0 Å². The van der Waals surface area contributed by atoms with Crippen molar-refractivity contribution in [2.24, 2.45) is 11.3 Å². The van der Waals surface area contributed by atoms with E-state index in [2.05, 4.69) is 6.58 Å². The van der Waals surface area contributed by atoms with Gasteiger partial charge in [-0.15, -0.1) is 0 Å². The molecule has 80 valence electrons. The molecule has 0 aromatic rings. The Labute approximate surface area is 86.0 Å². The maximum atomic E-state index is 11.5. The highest BCUT2D eigenvalue weighted by Gasteiger charge is 2.40. The zero-order chi connectivity index (χ0) is 10.8. The summed E-state index contributed by atoms with van der Waals surface area (Å²) in [5.74, 6) is 0.256. The van der Waals surface area contributed by atoms with Crippen molar-refractivity contribution < 1.29 is 9.90 Å². The van der Waals surface area contributed by atoms with Crippen LogP contribution in [0, 0.1) is 11.3 Å². The molecular weight excluding hydrogens is 176 g/mol. The predicted octanol–water partition coefficient (Wildman–Crippen LogP) is 2.32. The van der Waals surface area contributed by atoms with E-state index in [1.807, 2.05) is 6.92 Å². The fraction of sp³-hybridized carbons (Fsp3) is 0.750. The molecule has 1 N–H and O–H groups in total. The van der Waals surface area contributed by atoms with Crippen molar-refractivity contribution in [2.75, 3.05) is 6.61 Å². The first kappa shape index (κ1) is 11.4. The fourth-order valence-corrected chi connectivity index (χ4v) is 2.31. The molecule has 1 rings (SSSR count). The van der Waals surface area contributed by atoms with E-state index < -0.39 is 5.41 Å². The lowest BCUT2D eigenvalue weighted by Gasteiger charge is -2.38. The number of allylic oxidation sites excluding steroid dienone is 1. The summed E-state index contributed by atoms with van der Waals surface area (Å²) in [5, 5.41) is 9.36. The number of hydrogen-bond acceptors (Lipinski definition) is 2. The average Bonchev–Trinajstić information content (AvgIpc) is 2.17. The molecule has 2 heteroatoms. The number of Topliss-reactive ketones (excluding diaryl/α,β-unsaturated/α-hetero) is 1. The van der Waals surface area contributed by atoms with Crippen LogP contribution < -0.4 is 0 Å². The minimum atomic E-state index is -0.600. The second-order valence-electron chi connectivity index (χ2n) is 4.59. The lowest BCUT2D eigenvalue weighted by molar-refractivity contribution is -0.130. The normalized spacial score (nSPS) is 27.1. The van der Waals surface area contributed by atoms with E-state index in [9.17, 15) is 9.90 Å². The van der Waals surface area contributed by atoms with E-state index in [-0.39, 0.29) is 18.3 Å². The number of ketones is 1. The highest BCUT2D eigenvalue weighted by molar-refractivity contribution is 5.82. The van der Waals surface area contributed by atoms with E-state index in [1.54, 1.807) is 6.92 Å². The zero-order valence-electron chi connectivity index (χ0n) is 9.18. The Hall–Kier alpha value is -0.630. The smallest absolute Gasteiger partial charge is 0.138 e. The standard InChI is InChI=1S/C12H20O2/c1-9-6-4-5-7-11(9)12(3,8-13)10(2)14/h11,13H,1,4-8H2,2-3H3. The number of rotatable bonds is 3. The van der Waals surface area contributed by atoms with E-state index in [0.29, 0.717) is 0 Å². The summed E-state index contributed by atoms with van der Waals surface area (Å²) >= 11 is 0. The second kappa shape index (κ2) is 4.26. The molecule has 0 bridgehead atoms. The third kappa shape index (κ3) is 1.90. The Balaban J connectivity index is 2.87. The molecular formula is C12H20O2. The maximum absolute atomic E-state index is 11.5. The van der Waals surface area contributed by atoms with Gasteiger partial charge >= 0.3 is 0 Å². The van der Waals surface area contributed by atoms with Gasteiger partial charge in [-0.3, -0.25) is 4.79 Å². The molecule has 0 radical (unpaired) electrons. The van der Waals surface area contributed by atoms with Gasteiger partial charge in [-0.2, -0.15) is 0 Å². The Kier molecular flexibility index (Phi) is 3.48. The zero-order valence-corrected chi connectivity index (χ0v) is 9.18. The average molecular weight is 196 g/mol. The molecule has 14 heavy (non-hydrogen) atoms. The Bertz CT molecular complexity index is 245. The fourth-order valence-electron chi connectivity index (χ4n) is 2.31. The quantitative estimate of drug-likeness (QED) is 0.703. The van der Waals surface area contributed by atoms with Gasteiger partial charge in [0.15, 0.2) is 0 Å². The molecule has 2 nitrogen and oxygen atoms in total. The molecule has 0 heterocycles. The first-order chi connectivity index (χ1) is 6.52. The number of aliphatic hydroxyl groups excluding tert-OH is 1. The van der Waals surface area contributed by atoms with Gasteiger partial charge in [0.25, 0.3) is 0 Å². The molecule has 0 aromatic carbocycles. The molecule has 1 aliphatic carbocycles. The molecule has 1 fully saturated rings. The molecule has 2 unspecified atom stereocenters. The maximum Gasteiger partial charge on any atom is 0.138 e. The van der Waals surface area contributed by atoms with Crippen molar-refractivity contribution in [2.45, 2.75) is 39.5 Å². The number of hydrogen-bond donors (Lipinski definition) is 1. The van der Waals surface area contributed by atoms with Crippen LogP contribution in [0.5, 0.6) is 0 Å². The highest BCUT2D eigenvalue weighted by Crippen LogP contribution is 2.41. The molecule has 0 aliphatic heterocycles. The lowest BCUT2D eigenvalue weighted by Crippen LogP contribution is -2.39. The first-order valence-corrected chi connectivity index (χ1v) is 5.32. The summed E-state index contributed by atoms with van der Waals surface area (Å²) in [6, 6.07) is 0. The third-order valence-corrected chi connectivity index (χ3v) is 3.64. The van der Waals surface area contributed by atoms with Crippen LogP contribution in [0.2, 0.25) is 0 Å². The molecule has 2 atom stereocenters. The van der Waals surface area contributed by atoms with Crippen LogP contribution in [0.1, 0.15) is 39.5 Å². The Morgan fingerprint density at radius 2 is 2.29 bits per heavy atom. The SMILES string of the molecule is C=C1CCCCC1C(C)(CO)C(C)=O. The molecule has 0 saturated heterocycles. The second-order valence-corrected chi connectivity index (χ2v) is 4.59. The van der Waals surface area contributed by atoms with Gasteiger partial charge in [0.05, 0.1) is 12.0 Å². The van der Waals surface area contributed by atoms with Crippen LogP contribution in [0.4, 0.5) is 0 Å². The number of carbonyl (C=O) groups excluding carboxylic acids is 1. The van der Waals surface area contributed by atoms with Gasteiger partial charge < -0.3 is 5.11 Å². The summed E-state index contributed by atoms with van der Waals surface area (Å²) in [6.45, 7) is 7.39. The van der Waals surface area contributed by atoms with Crippen LogP contribution >= 0.6 is 0 Å². The van der Waals surface area contributed by atoms with Crippen molar-refractivity contribution in [3.05, 3.63) is 12.2 Å². The van der Waals surface area contributed by atoms with Crippen molar-refractivity contribution in [1.82, 2.24) is 0 Å². The monoisotopic (exact) mass is 196 g/mol. The summed E-state index contributed by atoms with van der Waals surface area (Å²) in [4.78, 5) is 11.5. The molecule has 0 aromatic heterocycles. The molecule has 1 aliphatic rings. The van der Waals surface area contributed by atoms with Crippen molar-refractivity contribution in [1.29, 1.82) is 0 Å². The van der Waals surface area contributed by atoms with Gasteiger partial charge in [0, 0.05) is 0 Å². The van der Waals surface area contributed by atoms with Crippen LogP contribution in [0.25, 0.3) is 0 Å².